The first-order valence-electron chi connectivity index (χ1n) is 4.00. The summed E-state index contributed by atoms with van der Waals surface area (Å²) in [7, 11) is 0. The van der Waals surface area contributed by atoms with Crippen molar-refractivity contribution in [2.45, 2.75) is 45.2 Å². The number of rotatable bonds is 6. The predicted octanol–water partition coefficient (Wildman–Crippen LogP) is -1.95. The molecule has 0 aromatic carbocycles. The van der Waals surface area contributed by atoms with E-state index in [-0.39, 0.29) is 42.4 Å². The third-order valence-corrected chi connectivity index (χ3v) is 1.53. The normalized spacial score (nSPS) is 11.8. The smallest absolute Gasteiger partial charge is 0.550 e. The number of alkyl halides is 1. The molecule has 0 saturated carbocycles. The van der Waals surface area contributed by atoms with Crippen LogP contribution in [-0.2, 0) is 4.79 Å². The maximum Gasteiger partial charge on any atom is 1.00 e. The molecule has 1 unspecified atom stereocenters. The summed E-state index contributed by atoms with van der Waals surface area (Å²) in [5.41, 5.74) is 0. The minimum atomic E-state index is -1.16. The van der Waals surface area contributed by atoms with Gasteiger partial charge in [-0.3, -0.25) is 0 Å². The van der Waals surface area contributed by atoms with Gasteiger partial charge in [-0.15, -0.1) is 0 Å². The topological polar surface area (TPSA) is 40.1 Å². The minimum Gasteiger partial charge on any atom is -0.550 e. The molecule has 0 fully saturated rings. The van der Waals surface area contributed by atoms with Crippen molar-refractivity contribution in [3.8, 4) is 0 Å². The minimum absolute atomic E-state index is 0. The molecule has 0 radical (unpaired) electrons. The summed E-state index contributed by atoms with van der Waals surface area (Å²) in [5.74, 6) is -1.16. The Labute approximate surface area is 94.8 Å². The zero-order valence-corrected chi connectivity index (χ0v) is 9.81. The van der Waals surface area contributed by atoms with E-state index >= 15 is 0 Å². The first-order valence-corrected chi connectivity index (χ1v) is 4.00. The third-order valence-electron chi connectivity index (χ3n) is 1.53. The van der Waals surface area contributed by atoms with Crippen LogP contribution in [0.15, 0.2) is 0 Å². The average molecular weight is 184 g/mol. The van der Waals surface area contributed by atoms with Gasteiger partial charge in [-0.2, -0.15) is 0 Å². The zero-order chi connectivity index (χ0) is 8.69. The number of aliphatic carboxylic acids is 1. The Kier molecular flexibility index (Phi) is 11.8. The van der Waals surface area contributed by atoms with Gasteiger partial charge < -0.3 is 9.90 Å². The molecule has 0 amide bonds. The van der Waals surface area contributed by atoms with E-state index in [1.807, 2.05) is 6.92 Å². The molecule has 4 heteroatoms. The Morgan fingerprint density at radius 1 is 1.50 bits per heavy atom. The fourth-order valence-electron chi connectivity index (χ4n) is 0.844. The van der Waals surface area contributed by atoms with E-state index in [0.29, 0.717) is 6.42 Å². The van der Waals surface area contributed by atoms with E-state index in [2.05, 4.69) is 0 Å². The van der Waals surface area contributed by atoms with E-state index in [1.54, 1.807) is 0 Å². The van der Waals surface area contributed by atoms with Gasteiger partial charge in [0.2, 0.25) is 0 Å². The molecule has 0 N–H and O–H groups in total. The second kappa shape index (κ2) is 9.49. The summed E-state index contributed by atoms with van der Waals surface area (Å²) in [4.78, 5) is 9.90. The van der Waals surface area contributed by atoms with E-state index in [1.165, 1.54) is 0 Å². The van der Waals surface area contributed by atoms with Crippen LogP contribution in [0.5, 0.6) is 0 Å². The maximum atomic E-state index is 12.7. The quantitative estimate of drug-likeness (QED) is 0.450. The van der Waals surface area contributed by atoms with Crippen LogP contribution in [-0.4, -0.2) is 12.1 Å². The SMILES string of the molecule is CCCCC(F)CCC(=O)[O-].[Na+]. The summed E-state index contributed by atoms with van der Waals surface area (Å²) in [5, 5.41) is 9.90. The Hall–Kier alpha value is 0.400. The fourth-order valence-corrected chi connectivity index (χ4v) is 0.844. The number of carboxylic acids is 1. The van der Waals surface area contributed by atoms with Gasteiger partial charge in [0.05, 0.1) is 0 Å². The molecular formula is C8H14FNaO2. The Bertz CT molecular complexity index is 120. The van der Waals surface area contributed by atoms with E-state index in [0.717, 1.165) is 12.8 Å². The molecular weight excluding hydrogens is 170 g/mol. The number of halogens is 1. The van der Waals surface area contributed by atoms with E-state index < -0.39 is 12.1 Å². The van der Waals surface area contributed by atoms with Gasteiger partial charge in [0.1, 0.15) is 6.17 Å². The van der Waals surface area contributed by atoms with Crippen molar-refractivity contribution < 1.29 is 43.8 Å². The van der Waals surface area contributed by atoms with E-state index in [4.69, 9.17) is 0 Å². The van der Waals surface area contributed by atoms with Crippen LogP contribution in [0.3, 0.4) is 0 Å². The average Bonchev–Trinajstić information content (AvgIpc) is 1.97. The molecule has 0 aromatic rings. The molecule has 1 atom stereocenters. The molecule has 0 bridgehead atoms. The summed E-state index contributed by atoms with van der Waals surface area (Å²) in [6, 6.07) is 0. The molecule has 66 valence electrons. The second-order valence-corrected chi connectivity index (χ2v) is 2.65. The molecule has 2 nitrogen and oxygen atoms in total. The summed E-state index contributed by atoms with van der Waals surface area (Å²) in [6.45, 7) is 1.98. The molecule has 0 spiro atoms. The van der Waals surface area contributed by atoms with E-state index in [9.17, 15) is 14.3 Å². The van der Waals surface area contributed by atoms with Crippen LogP contribution in [0.2, 0.25) is 0 Å². The van der Waals surface area contributed by atoms with Crippen molar-refractivity contribution in [1.29, 1.82) is 0 Å². The van der Waals surface area contributed by atoms with Crippen molar-refractivity contribution in [3.05, 3.63) is 0 Å². The van der Waals surface area contributed by atoms with Gasteiger partial charge in [-0.25, -0.2) is 4.39 Å². The van der Waals surface area contributed by atoms with Gasteiger partial charge in [-0.05, 0) is 19.3 Å². The zero-order valence-electron chi connectivity index (χ0n) is 7.81. The van der Waals surface area contributed by atoms with Crippen molar-refractivity contribution >= 4 is 5.97 Å². The van der Waals surface area contributed by atoms with Crippen LogP contribution >= 0.6 is 0 Å². The predicted molar refractivity (Wildman–Crippen MR) is 38.7 cm³/mol. The second-order valence-electron chi connectivity index (χ2n) is 2.65. The third kappa shape index (κ3) is 10.4. The molecule has 0 aromatic heterocycles. The van der Waals surface area contributed by atoms with Crippen molar-refractivity contribution in [1.82, 2.24) is 0 Å². The first kappa shape index (κ1) is 14.9. The number of hydrogen-bond acceptors (Lipinski definition) is 2. The van der Waals surface area contributed by atoms with Gasteiger partial charge in [-0.1, -0.05) is 19.8 Å². The van der Waals surface area contributed by atoms with Gasteiger partial charge >= 0.3 is 29.6 Å². The van der Waals surface area contributed by atoms with Crippen LogP contribution in [0.1, 0.15) is 39.0 Å². The Morgan fingerprint density at radius 2 is 2.08 bits per heavy atom. The number of hydrogen-bond donors (Lipinski definition) is 0. The summed E-state index contributed by atoms with van der Waals surface area (Å²) < 4.78 is 12.7. The van der Waals surface area contributed by atoms with Crippen LogP contribution in [0, 0.1) is 0 Å². The Morgan fingerprint density at radius 3 is 2.50 bits per heavy atom. The fraction of sp³-hybridized carbons (Fsp3) is 0.875. The standard InChI is InChI=1S/C8H15FO2.Na/c1-2-3-4-7(9)5-6-8(10)11;/h7H,2-6H2,1H3,(H,10,11);/q;+1/p-1. The molecule has 0 aliphatic carbocycles. The van der Waals surface area contributed by atoms with Crippen molar-refractivity contribution in [3.63, 3.8) is 0 Å². The van der Waals surface area contributed by atoms with Crippen LogP contribution in [0.4, 0.5) is 4.39 Å². The first-order chi connectivity index (χ1) is 5.16. The molecule has 0 aliphatic rings. The Balaban J connectivity index is 0. The van der Waals surface area contributed by atoms with Gasteiger partial charge in [0.15, 0.2) is 0 Å². The van der Waals surface area contributed by atoms with Gasteiger partial charge in [0, 0.05) is 5.97 Å². The monoisotopic (exact) mass is 184 g/mol. The van der Waals surface area contributed by atoms with Crippen molar-refractivity contribution in [2.75, 3.05) is 0 Å². The summed E-state index contributed by atoms with van der Waals surface area (Å²) in [6.07, 6.45) is 1.23. The summed E-state index contributed by atoms with van der Waals surface area (Å²) >= 11 is 0. The number of carboxylic acid groups (broad SMARTS) is 1. The maximum absolute atomic E-state index is 12.7. The molecule has 0 heterocycles. The number of carbonyl (C=O) groups is 1. The van der Waals surface area contributed by atoms with Crippen LogP contribution < -0.4 is 34.7 Å². The van der Waals surface area contributed by atoms with Crippen molar-refractivity contribution in [2.24, 2.45) is 0 Å². The number of carbonyl (C=O) groups excluding carboxylic acids is 1. The molecule has 0 aliphatic heterocycles. The molecule has 0 rings (SSSR count). The van der Waals surface area contributed by atoms with Crippen LogP contribution in [0.25, 0.3) is 0 Å². The molecule has 12 heavy (non-hydrogen) atoms. The number of unbranched alkanes of at least 4 members (excludes halogenated alkanes) is 1. The van der Waals surface area contributed by atoms with Gasteiger partial charge in [0.25, 0.3) is 0 Å². The largest absolute Gasteiger partial charge is 1.00 e. The molecule has 0 saturated heterocycles.